The number of anilines is 1. The predicted molar refractivity (Wildman–Crippen MR) is 91.6 cm³/mol. The Balaban J connectivity index is 1.84. The maximum absolute atomic E-state index is 12.3. The van der Waals surface area contributed by atoms with Gasteiger partial charge in [-0.15, -0.1) is 0 Å². The third-order valence-corrected chi connectivity index (χ3v) is 4.70. The Morgan fingerprint density at radius 3 is 2.41 bits per heavy atom. The van der Waals surface area contributed by atoms with Gasteiger partial charge in [0.25, 0.3) is 0 Å². The highest BCUT2D eigenvalue weighted by Crippen LogP contribution is 2.20. The molecule has 1 aliphatic heterocycles. The number of benzene rings is 1. The summed E-state index contributed by atoms with van der Waals surface area (Å²) in [6.07, 6.45) is 2.35. The molecule has 4 heteroatoms. The standard InChI is InChI=1S/C18H29N3O/c1-4-10-20-11-13-21(14-12-20)18(22)19-17-8-6-16(7-9-17)15(3)5-2/h6-9,15H,4-5,10-14H2,1-3H3,(H,19,22)/p+1/t15-/m0/s1. The van der Waals surface area contributed by atoms with Gasteiger partial charge in [0, 0.05) is 5.69 Å². The van der Waals surface area contributed by atoms with Gasteiger partial charge in [-0.05, 0) is 36.5 Å². The molecule has 1 aliphatic rings. The number of hydrogen-bond acceptors (Lipinski definition) is 1. The van der Waals surface area contributed by atoms with Crippen molar-refractivity contribution in [2.24, 2.45) is 0 Å². The highest BCUT2D eigenvalue weighted by Gasteiger charge is 2.22. The minimum atomic E-state index is 0.0341. The van der Waals surface area contributed by atoms with Gasteiger partial charge >= 0.3 is 6.03 Å². The maximum atomic E-state index is 12.3. The van der Waals surface area contributed by atoms with Crippen LogP contribution in [0.15, 0.2) is 24.3 Å². The number of rotatable bonds is 5. The van der Waals surface area contributed by atoms with Crippen molar-refractivity contribution in [1.29, 1.82) is 0 Å². The van der Waals surface area contributed by atoms with Gasteiger partial charge in [-0.25, -0.2) is 4.79 Å². The van der Waals surface area contributed by atoms with Crippen LogP contribution in [0.25, 0.3) is 0 Å². The average molecular weight is 304 g/mol. The van der Waals surface area contributed by atoms with E-state index in [1.165, 1.54) is 18.5 Å². The van der Waals surface area contributed by atoms with Crippen LogP contribution in [-0.2, 0) is 0 Å². The van der Waals surface area contributed by atoms with Gasteiger partial charge in [0.05, 0.1) is 32.7 Å². The number of hydrogen-bond donors (Lipinski definition) is 2. The SMILES string of the molecule is CCC[NH+]1CCN(C(=O)Nc2ccc([C@@H](C)CC)cc2)CC1. The van der Waals surface area contributed by atoms with Gasteiger partial charge in [-0.1, -0.05) is 32.9 Å². The van der Waals surface area contributed by atoms with Gasteiger partial charge in [0.15, 0.2) is 0 Å². The third kappa shape index (κ3) is 4.47. The number of nitrogens with zero attached hydrogens (tertiary/aromatic N) is 1. The van der Waals surface area contributed by atoms with E-state index in [1.807, 2.05) is 17.0 Å². The Morgan fingerprint density at radius 2 is 1.86 bits per heavy atom. The quantitative estimate of drug-likeness (QED) is 0.861. The molecule has 1 saturated heterocycles. The summed E-state index contributed by atoms with van der Waals surface area (Å²) in [5, 5.41) is 3.02. The van der Waals surface area contributed by atoms with Crippen molar-refractivity contribution in [1.82, 2.24) is 4.90 Å². The van der Waals surface area contributed by atoms with Crippen molar-refractivity contribution in [3.63, 3.8) is 0 Å². The number of amides is 2. The molecule has 0 bridgehead atoms. The molecule has 0 aliphatic carbocycles. The van der Waals surface area contributed by atoms with E-state index in [4.69, 9.17) is 0 Å². The van der Waals surface area contributed by atoms with Crippen molar-refractivity contribution in [2.75, 3.05) is 38.0 Å². The first kappa shape index (κ1) is 16.8. The van der Waals surface area contributed by atoms with Gasteiger partial charge in [0.2, 0.25) is 0 Å². The molecule has 2 amide bonds. The Hall–Kier alpha value is -1.55. The van der Waals surface area contributed by atoms with Gasteiger partial charge < -0.3 is 15.1 Å². The topological polar surface area (TPSA) is 36.8 Å². The normalized spacial score (nSPS) is 17.3. The lowest BCUT2D eigenvalue weighted by Gasteiger charge is -2.32. The number of quaternary nitrogens is 1. The molecule has 122 valence electrons. The number of urea groups is 1. The molecular formula is C18H30N3O+. The molecule has 1 atom stereocenters. The Labute approximate surface area is 134 Å². The van der Waals surface area contributed by atoms with Crippen LogP contribution in [-0.4, -0.2) is 43.7 Å². The molecule has 0 spiro atoms. The lowest BCUT2D eigenvalue weighted by molar-refractivity contribution is -0.904. The third-order valence-electron chi connectivity index (χ3n) is 4.70. The summed E-state index contributed by atoms with van der Waals surface area (Å²) in [5.74, 6) is 0.569. The Morgan fingerprint density at radius 1 is 1.23 bits per heavy atom. The van der Waals surface area contributed by atoms with Crippen molar-refractivity contribution in [2.45, 2.75) is 39.5 Å². The lowest BCUT2D eigenvalue weighted by Crippen LogP contribution is -3.14. The van der Waals surface area contributed by atoms with E-state index in [-0.39, 0.29) is 6.03 Å². The smallest absolute Gasteiger partial charge is 0.322 e. The van der Waals surface area contributed by atoms with E-state index in [2.05, 4.69) is 38.2 Å². The molecule has 0 saturated carbocycles. The summed E-state index contributed by atoms with van der Waals surface area (Å²) >= 11 is 0. The van der Waals surface area contributed by atoms with E-state index >= 15 is 0 Å². The van der Waals surface area contributed by atoms with Gasteiger partial charge in [-0.3, -0.25) is 0 Å². The fourth-order valence-corrected chi connectivity index (χ4v) is 2.96. The second-order valence-corrected chi connectivity index (χ2v) is 6.35. The van der Waals surface area contributed by atoms with Crippen molar-refractivity contribution in [3.8, 4) is 0 Å². The molecule has 2 N–H and O–H groups in total. The summed E-state index contributed by atoms with van der Waals surface area (Å²) < 4.78 is 0. The van der Waals surface area contributed by atoms with Crippen molar-refractivity contribution >= 4 is 11.7 Å². The van der Waals surface area contributed by atoms with Crippen LogP contribution in [0.5, 0.6) is 0 Å². The van der Waals surface area contributed by atoms with Crippen LogP contribution >= 0.6 is 0 Å². The highest BCUT2D eigenvalue weighted by molar-refractivity contribution is 5.89. The Kier molecular flexibility index (Phi) is 6.25. The first-order valence-electron chi connectivity index (χ1n) is 8.63. The summed E-state index contributed by atoms with van der Waals surface area (Å²) in [6.45, 7) is 11.7. The van der Waals surface area contributed by atoms with E-state index in [9.17, 15) is 4.79 Å². The van der Waals surface area contributed by atoms with Crippen LogP contribution in [0, 0.1) is 0 Å². The molecule has 1 aromatic carbocycles. The molecule has 2 rings (SSSR count). The minimum absolute atomic E-state index is 0.0341. The first-order valence-corrected chi connectivity index (χ1v) is 8.63. The molecule has 1 aromatic rings. The number of nitrogens with one attached hydrogen (secondary N) is 2. The molecular weight excluding hydrogens is 274 g/mol. The monoisotopic (exact) mass is 304 g/mol. The fraction of sp³-hybridized carbons (Fsp3) is 0.611. The van der Waals surface area contributed by atoms with E-state index < -0.39 is 0 Å². The zero-order valence-electron chi connectivity index (χ0n) is 14.2. The minimum Gasteiger partial charge on any atom is -0.332 e. The van der Waals surface area contributed by atoms with E-state index in [1.54, 1.807) is 4.90 Å². The summed E-state index contributed by atoms with van der Waals surface area (Å²) in [5.41, 5.74) is 2.22. The lowest BCUT2D eigenvalue weighted by atomic mass is 9.99. The first-order chi connectivity index (χ1) is 10.6. The molecule has 1 heterocycles. The summed E-state index contributed by atoms with van der Waals surface area (Å²) in [6, 6.07) is 8.29. The van der Waals surface area contributed by atoms with Crippen LogP contribution in [0.1, 0.15) is 45.1 Å². The van der Waals surface area contributed by atoms with Gasteiger partial charge in [-0.2, -0.15) is 0 Å². The predicted octanol–water partition coefficient (Wildman–Crippen LogP) is 2.34. The molecule has 1 fully saturated rings. The number of carbonyl (C=O) groups is 1. The fourth-order valence-electron chi connectivity index (χ4n) is 2.96. The molecule has 0 unspecified atom stereocenters. The largest absolute Gasteiger partial charge is 0.332 e. The number of piperazine rings is 1. The molecule has 4 nitrogen and oxygen atoms in total. The van der Waals surface area contributed by atoms with Crippen LogP contribution in [0.3, 0.4) is 0 Å². The van der Waals surface area contributed by atoms with Gasteiger partial charge in [0.1, 0.15) is 0 Å². The van der Waals surface area contributed by atoms with Crippen LogP contribution < -0.4 is 10.2 Å². The van der Waals surface area contributed by atoms with Crippen molar-refractivity contribution in [3.05, 3.63) is 29.8 Å². The molecule has 0 aromatic heterocycles. The van der Waals surface area contributed by atoms with Crippen LogP contribution in [0.4, 0.5) is 10.5 Å². The van der Waals surface area contributed by atoms with Crippen LogP contribution in [0.2, 0.25) is 0 Å². The zero-order chi connectivity index (χ0) is 15.9. The molecule has 0 radical (unpaired) electrons. The highest BCUT2D eigenvalue weighted by atomic mass is 16.2. The van der Waals surface area contributed by atoms with Crippen molar-refractivity contribution < 1.29 is 9.69 Å². The van der Waals surface area contributed by atoms with E-state index in [0.29, 0.717) is 5.92 Å². The average Bonchev–Trinajstić information content (AvgIpc) is 2.55. The summed E-state index contributed by atoms with van der Waals surface area (Å²) in [4.78, 5) is 15.9. The van der Waals surface area contributed by atoms with E-state index in [0.717, 1.165) is 38.3 Å². The zero-order valence-corrected chi connectivity index (χ0v) is 14.2. The second kappa shape index (κ2) is 8.18. The second-order valence-electron chi connectivity index (χ2n) is 6.35. The Bertz CT molecular complexity index is 464. The molecule has 22 heavy (non-hydrogen) atoms. The number of carbonyl (C=O) groups excluding carboxylic acids is 1. The maximum Gasteiger partial charge on any atom is 0.322 e. The summed E-state index contributed by atoms with van der Waals surface area (Å²) in [7, 11) is 0.